The number of hydrogen-bond acceptors (Lipinski definition) is 4. The molecule has 0 radical (unpaired) electrons. The second-order valence-corrected chi connectivity index (χ2v) is 11.1. The number of pyridine rings is 1. The van der Waals surface area contributed by atoms with Gasteiger partial charge in [0.25, 0.3) is 5.91 Å². The number of Topliss-reactive ketones (excluding diaryl/α,β-unsaturated/α-hetero) is 1. The lowest BCUT2D eigenvalue weighted by molar-refractivity contribution is -0.137. The Kier molecular flexibility index (Phi) is 8.36. The maximum atomic E-state index is 12.9. The summed E-state index contributed by atoms with van der Waals surface area (Å²) in [6.45, 7) is 7.57. The van der Waals surface area contributed by atoms with Crippen LogP contribution in [0.1, 0.15) is 91.7 Å². The van der Waals surface area contributed by atoms with Crippen LogP contribution >= 0.6 is 0 Å². The van der Waals surface area contributed by atoms with Gasteiger partial charge in [0, 0.05) is 32.3 Å². The van der Waals surface area contributed by atoms with Gasteiger partial charge in [0.1, 0.15) is 5.78 Å². The number of nitrogens with one attached hydrogen (secondary N) is 1. The van der Waals surface area contributed by atoms with E-state index in [1.54, 1.807) is 13.1 Å². The molecule has 2 heterocycles. The highest BCUT2D eigenvalue weighted by Crippen LogP contribution is 2.39. The predicted molar refractivity (Wildman–Crippen MR) is 136 cm³/mol. The Labute approximate surface area is 216 Å². The number of carbonyl (C=O) groups is 2. The van der Waals surface area contributed by atoms with E-state index in [2.05, 4.69) is 29.0 Å². The molecule has 0 bridgehead atoms. The normalized spacial score (nSPS) is 22.2. The van der Waals surface area contributed by atoms with E-state index >= 15 is 0 Å². The van der Waals surface area contributed by atoms with Gasteiger partial charge in [0.15, 0.2) is 0 Å². The van der Waals surface area contributed by atoms with Crippen molar-refractivity contribution in [1.82, 2.24) is 15.2 Å². The van der Waals surface area contributed by atoms with E-state index in [9.17, 15) is 22.8 Å². The van der Waals surface area contributed by atoms with Gasteiger partial charge in [-0.1, -0.05) is 26.0 Å². The Morgan fingerprint density at radius 3 is 2.32 bits per heavy atom. The third-order valence-electron chi connectivity index (χ3n) is 7.70. The number of aromatic nitrogens is 1. The summed E-state index contributed by atoms with van der Waals surface area (Å²) in [6, 6.07) is 7.24. The largest absolute Gasteiger partial charge is 0.416 e. The monoisotopic (exact) mass is 515 g/mol. The highest BCUT2D eigenvalue weighted by atomic mass is 19.4. The number of alkyl halides is 3. The number of carbonyl (C=O) groups excluding carboxylic acids is 2. The number of amides is 1. The van der Waals surface area contributed by atoms with Gasteiger partial charge in [-0.25, -0.2) is 0 Å². The maximum absolute atomic E-state index is 12.9. The summed E-state index contributed by atoms with van der Waals surface area (Å²) in [6.07, 6.45) is 2.06. The van der Waals surface area contributed by atoms with Gasteiger partial charge < -0.3 is 10.1 Å². The lowest BCUT2D eigenvalue weighted by atomic mass is 9.80. The first-order valence-corrected chi connectivity index (χ1v) is 13.2. The summed E-state index contributed by atoms with van der Waals surface area (Å²) >= 11 is 0. The van der Waals surface area contributed by atoms with Crippen LogP contribution in [-0.4, -0.2) is 28.1 Å². The van der Waals surface area contributed by atoms with E-state index in [-0.39, 0.29) is 23.7 Å². The molecule has 0 saturated heterocycles. The molecule has 2 aromatic rings. The number of fused-ring (bicyclic) bond motifs is 1. The smallest absolute Gasteiger partial charge is 0.352 e. The third-order valence-corrected chi connectivity index (χ3v) is 7.70. The molecule has 1 amide bonds. The molecule has 1 atom stereocenters. The van der Waals surface area contributed by atoms with Gasteiger partial charge in [0.05, 0.1) is 22.9 Å². The lowest BCUT2D eigenvalue weighted by Gasteiger charge is -2.28. The fourth-order valence-corrected chi connectivity index (χ4v) is 5.84. The molecule has 1 N–H and O–H groups in total. The van der Waals surface area contributed by atoms with Crippen molar-refractivity contribution in [3.63, 3.8) is 0 Å². The van der Waals surface area contributed by atoms with Crippen molar-refractivity contribution in [2.45, 2.75) is 78.2 Å². The topological polar surface area (TPSA) is 62.3 Å². The number of hydrogen-bond donors (Lipinski definition) is 1. The molecule has 1 aliphatic heterocycles. The quantitative estimate of drug-likeness (QED) is 0.446. The van der Waals surface area contributed by atoms with Crippen LogP contribution < -0.4 is 5.32 Å². The van der Waals surface area contributed by atoms with Gasteiger partial charge in [-0.3, -0.25) is 14.7 Å². The number of rotatable bonds is 8. The lowest BCUT2D eigenvalue weighted by Crippen LogP contribution is -2.31. The van der Waals surface area contributed by atoms with Crippen LogP contribution in [0.25, 0.3) is 0 Å². The second-order valence-electron chi connectivity index (χ2n) is 11.1. The molecule has 0 spiro atoms. The van der Waals surface area contributed by atoms with E-state index in [4.69, 9.17) is 0 Å². The average molecular weight is 516 g/mol. The Hall–Kier alpha value is -2.74. The first kappa shape index (κ1) is 27.3. The molecule has 8 heteroatoms. The number of ketones is 1. The first-order chi connectivity index (χ1) is 17.5. The Balaban J connectivity index is 1.37. The minimum absolute atomic E-state index is 0.0274. The van der Waals surface area contributed by atoms with Crippen LogP contribution in [0.4, 0.5) is 13.2 Å². The minimum atomic E-state index is -4.35. The van der Waals surface area contributed by atoms with Gasteiger partial charge in [-0.2, -0.15) is 13.2 Å². The molecular weight excluding hydrogens is 479 g/mol. The van der Waals surface area contributed by atoms with Gasteiger partial charge >= 0.3 is 6.18 Å². The Bertz CT molecular complexity index is 1110. The summed E-state index contributed by atoms with van der Waals surface area (Å²) < 4.78 is 38.8. The van der Waals surface area contributed by atoms with Gasteiger partial charge in [-0.05, 0) is 79.7 Å². The summed E-state index contributed by atoms with van der Waals surface area (Å²) in [5.74, 6) is 1.27. The van der Waals surface area contributed by atoms with E-state index in [0.29, 0.717) is 43.5 Å². The van der Waals surface area contributed by atoms with Crippen LogP contribution in [0.2, 0.25) is 0 Å². The van der Waals surface area contributed by atoms with Crippen LogP contribution in [0.5, 0.6) is 0 Å². The van der Waals surface area contributed by atoms with Crippen molar-refractivity contribution >= 4 is 11.7 Å². The standard InChI is InChI=1S/C29H36F3N3O2/c1-18(2)27-26-24(17-35(27)16-22-8-10-25(11-9-22)29(30,31)32)13-23(15-33-26)28(37)34-14-21-6-4-20(5-7-21)12-19(3)36/h8-11,13,15,18,20-21,27H,4-7,12,14,16-17H2,1-3H3,(H,34,37)/t20-,21-,27-/m0/s1. The molecule has 1 aromatic heterocycles. The van der Waals surface area contributed by atoms with Gasteiger partial charge in [-0.15, -0.1) is 0 Å². The van der Waals surface area contributed by atoms with E-state index in [1.165, 1.54) is 12.1 Å². The SMILES string of the molecule is CC(=O)C[C@H]1CC[C@H](CNC(=O)c2cnc3c(c2)CN(Cc2ccc(C(F)(F)F)cc2)[C@H]3C(C)C)CC1. The minimum Gasteiger partial charge on any atom is -0.352 e. The number of benzene rings is 1. The fourth-order valence-electron chi connectivity index (χ4n) is 5.84. The van der Waals surface area contributed by atoms with Crippen molar-refractivity contribution in [2.24, 2.45) is 17.8 Å². The van der Waals surface area contributed by atoms with Crippen molar-refractivity contribution in [2.75, 3.05) is 6.54 Å². The Morgan fingerprint density at radius 1 is 1.08 bits per heavy atom. The van der Waals surface area contributed by atoms with E-state index < -0.39 is 11.7 Å². The van der Waals surface area contributed by atoms with E-state index in [1.807, 2.05) is 6.07 Å². The molecule has 1 fully saturated rings. The zero-order chi connectivity index (χ0) is 26.7. The Morgan fingerprint density at radius 2 is 1.73 bits per heavy atom. The third kappa shape index (κ3) is 6.78. The van der Waals surface area contributed by atoms with Crippen molar-refractivity contribution in [3.05, 3.63) is 64.5 Å². The van der Waals surface area contributed by atoms with Crippen LogP contribution in [-0.2, 0) is 24.1 Å². The molecule has 37 heavy (non-hydrogen) atoms. The van der Waals surface area contributed by atoms with Crippen LogP contribution in [0, 0.1) is 17.8 Å². The summed E-state index contributed by atoms with van der Waals surface area (Å²) in [7, 11) is 0. The molecular formula is C29H36F3N3O2. The highest BCUT2D eigenvalue weighted by molar-refractivity contribution is 5.94. The second kappa shape index (κ2) is 11.3. The summed E-state index contributed by atoms with van der Waals surface area (Å²) in [5, 5.41) is 3.07. The molecule has 1 saturated carbocycles. The molecule has 1 aromatic carbocycles. The first-order valence-electron chi connectivity index (χ1n) is 13.2. The fraction of sp³-hybridized carbons (Fsp3) is 0.552. The molecule has 1 aliphatic carbocycles. The average Bonchev–Trinajstić information content (AvgIpc) is 3.20. The maximum Gasteiger partial charge on any atom is 0.416 e. The predicted octanol–water partition coefficient (Wildman–Crippen LogP) is 6.33. The number of halogens is 3. The number of nitrogens with zero attached hydrogens (tertiary/aromatic N) is 2. The molecule has 200 valence electrons. The molecule has 0 unspecified atom stereocenters. The zero-order valence-corrected chi connectivity index (χ0v) is 21.8. The van der Waals surface area contributed by atoms with Crippen LogP contribution in [0.15, 0.2) is 36.5 Å². The molecule has 4 rings (SSSR count). The molecule has 5 nitrogen and oxygen atoms in total. The van der Waals surface area contributed by atoms with Crippen molar-refractivity contribution in [1.29, 1.82) is 0 Å². The summed E-state index contributed by atoms with van der Waals surface area (Å²) in [5.41, 5.74) is 2.61. The summed E-state index contributed by atoms with van der Waals surface area (Å²) in [4.78, 5) is 31.1. The van der Waals surface area contributed by atoms with Gasteiger partial charge in [0.2, 0.25) is 0 Å². The highest BCUT2D eigenvalue weighted by Gasteiger charge is 2.35. The van der Waals surface area contributed by atoms with Crippen molar-refractivity contribution < 1.29 is 22.8 Å². The van der Waals surface area contributed by atoms with Crippen LogP contribution in [0.3, 0.4) is 0 Å². The molecule has 2 aliphatic rings. The zero-order valence-electron chi connectivity index (χ0n) is 21.8. The van der Waals surface area contributed by atoms with E-state index in [0.717, 1.165) is 54.6 Å². The van der Waals surface area contributed by atoms with Crippen molar-refractivity contribution in [3.8, 4) is 0 Å².